The van der Waals surface area contributed by atoms with E-state index in [1.165, 1.54) is 19.3 Å². The smallest absolute Gasteiger partial charge is 0.0471 e. The van der Waals surface area contributed by atoms with Gasteiger partial charge in [0, 0.05) is 19.3 Å². The molecule has 0 aromatic carbocycles. The van der Waals surface area contributed by atoms with E-state index in [2.05, 4.69) is 6.92 Å². The Hall–Kier alpha value is 0.210. The van der Waals surface area contributed by atoms with Gasteiger partial charge in [-0.05, 0) is 30.6 Å². The molecule has 2 nitrogen and oxygen atoms in total. The van der Waals surface area contributed by atoms with Gasteiger partial charge < -0.3 is 10.5 Å². The lowest BCUT2D eigenvalue weighted by molar-refractivity contribution is 0.0119. The second kappa shape index (κ2) is 3.52. The van der Waals surface area contributed by atoms with Crippen molar-refractivity contribution in [3.05, 3.63) is 0 Å². The molecule has 1 saturated heterocycles. The van der Waals surface area contributed by atoms with Crippen molar-refractivity contribution in [2.45, 2.75) is 32.2 Å². The molecule has 0 spiro atoms. The number of hydrogen-bond acceptors (Lipinski definition) is 2. The van der Waals surface area contributed by atoms with E-state index in [4.69, 9.17) is 10.5 Å². The third kappa shape index (κ3) is 1.76. The summed E-state index contributed by atoms with van der Waals surface area (Å²) in [7, 11) is 0. The first-order chi connectivity index (χ1) is 5.22. The van der Waals surface area contributed by atoms with E-state index in [-0.39, 0.29) is 12.4 Å². The Morgan fingerprint density at radius 3 is 2.25 bits per heavy atom. The zero-order valence-corrected chi connectivity index (χ0v) is 8.40. The second-order valence-electron chi connectivity index (χ2n) is 4.27. The molecular weight excluding hydrogens is 174 g/mol. The van der Waals surface area contributed by atoms with E-state index in [0.717, 1.165) is 19.1 Å². The summed E-state index contributed by atoms with van der Waals surface area (Å²) in [5, 5.41) is 0. The first-order valence-electron chi connectivity index (χ1n) is 4.56. The summed E-state index contributed by atoms with van der Waals surface area (Å²) in [5.74, 6) is 0.798. The average Bonchev–Trinajstić information content (AvgIpc) is 2.69. The molecule has 0 amide bonds. The van der Waals surface area contributed by atoms with Gasteiger partial charge in [-0.25, -0.2) is 0 Å². The van der Waals surface area contributed by atoms with Crippen molar-refractivity contribution in [3.63, 3.8) is 0 Å². The van der Waals surface area contributed by atoms with Gasteiger partial charge in [0.05, 0.1) is 0 Å². The summed E-state index contributed by atoms with van der Waals surface area (Å²) >= 11 is 0. The number of nitrogens with two attached hydrogens (primary N) is 1. The molecule has 72 valence electrons. The molecule has 3 heteroatoms. The predicted molar refractivity (Wildman–Crippen MR) is 51.5 cm³/mol. The first-order valence-corrected chi connectivity index (χ1v) is 4.56. The Morgan fingerprint density at radius 2 is 1.83 bits per heavy atom. The third-order valence-electron chi connectivity index (χ3n) is 3.37. The Morgan fingerprint density at radius 1 is 1.33 bits per heavy atom. The maximum Gasteiger partial charge on any atom is 0.0471 e. The van der Waals surface area contributed by atoms with E-state index in [0.29, 0.717) is 11.5 Å². The van der Waals surface area contributed by atoms with Crippen LogP contribution in [0, 0.1) is 11.3 Å². The molecule has 2 N–H and O–H groups in total. The van der Waals surface area contributed by atoms with Gasteiger partial charge in [0.25, 0.3) is 0 Å². The number of halogens is 1. The van der Waals surface area contributed by atoms with Gasteiger partial charge in [-0.15, -0.1) is 12.4 Å². The molecular formula is C9H18ClNO. The topological polar surface area (TPSA) is 35.2 Å². The normalized spacial score (nSPS) is 38.5. The van der Waals surface area contributed by atoms with Gasteiger partial charge in [-0.1, -0.05) is 6.92 Å². The van der Waals surface area contributed by atoms with Crippen LogP contribution in [0.4, 0.5) is 0 Å². The number of hydrogen-bond donors (Lipinski definition) is 1. The average molecular weight is 192 g/mol. The van der Waals surface area contributed by atoms with E-state index in [1.807, 2.05) is 0 Å². The highest BCUT2D eigenvalue weighted by Gasteiger charge is 2.48. The van der Waals surface area contributed by atoms with Crippen molar-refractivity contribution in [1.29, 1.82) is 0 Å². The SMILES string of the molecule is CC1([C@@H]2C[C@H]2N)CCOCC1.Cl. The van der Waals surface area contributed by atoms with Gasteiger partial charge in [0.1, 0.15) is 0 Å². The summed E-state index contributed by atoms with van der Waals surface area (Å²) < 4.78 is 5.34. The molecule has 1 saturated carbocycles. The quantitative estimate of drug-likeness (QED) is 0.683. The van der Waals surface area contributed by atoms with Crippen molar-refractivity contribution in [3.8, 4) is 0 Å². The largest absolute Gasteiger partial charge is 0.381 e. The minimum Gasteiger partial charge on any atom is -0.381 e. The minimum absolute atomic E-state index is 0. The van der Waals surface area contributed by atoms with E-state index >= 15 is 0 Å². The van der Waals surface area contributed by atoms with Crippen LogP contribution in [0.15, 0.2) is 0 Å². The summed E-state index contributed by atoms with van der Waals surface area (Å²) in [5.41, 5.74) is 6.35. The van der Waals surface area contributed by atoms with Crippen LogP contribution < -0.4 is 5.73 Å². The molecule has 0 radical (unpaired) electrons. The minimum atomic E-state index is 0. The maximum atomic E-state index is 5.84. The fourth-order valence-corrected chi connectivity index (χ4v) is 2.22. The third-order valence-corrected chi connectivity index (χ3v) is 3.37. The van der Waals surface area contributed by atoms with E-state index in [1.54, 1.807) is 0 Å². The van der Waals surface area contributed by atoms with Crippen molar-refractivity contribution in [1.82, 2.24) is 0 Å². The lowest BCUT2D eigenvalue weighted by atomic mass is 9.77. The van der Waals surface area contributed by atoms with Gasteiger partial charge in [-0.3, -0.25) is 0 Å². The second-order valence-corrected chi connectivity index (χ2v) is 4.27. The van der Waals surface area contributed by atoms with E-state index < -0.39 is 0 Å². The van der Waals surface area contributed by atoms with Crippen LogP contribution in [-0.2, 0) is 4.74 Å². The zero-order valence-electron chi connectivity index (χ0n) is 7.58. The molecule has 2 atom stereocenters. The van der Waals surface area contributed by atoms with Crippen molar-refractivity contribution >= 4 is 12.4 Å². The first kappa shape index (κ1) is 10.3. The molecule has 2 aliphatic rings. The van der Waals surface area contributed by atoms with Crippen LogP contribution in [0.5, 0.6) is 0 Å². The summed E-state index contributed by atoms with van der Waals surface area (Å²) in [6.07, 6.45) is 3.67. The van der Waals surface area contributed by atoms with Crippen LogP contribution in [0.1, 0.15) is 26.2 Å². The zero-order chi connectivity index (χ0) is 7.90. The van der Waals surface area contributed by atoms with Crippen molar-refractivity contribution < 1.29 is 4.74 Å². The van der Waals surface area contributed by atoms with Crippen LogP contribution in [0.3, 0.4) is 0 Å². The summed E-state index contributed by atoms with van der Waals surface area (Å²) in [4.78, 5) is 0. The fraction of sp³-hybridized carbons (Fsp3) is 1.00. The highest BCUT2D eigenvalue weighted by molar-refractivity contribution is 5.85. The van der Waals surface area contributed by atoms with Gasteiger partial charge in [-0.2, -0.15) is 0 Å². The molecule has 1 heterocycles. The lowest BCUT2D eigenvalue weighted by Crippen LogP contribution is -2.30. The number of rotatable bonds is 1. The Labute approximate surface area is 80.3 Å². The van der Waals surface area contributed by atoms with Crippen LogP contribution in [0.2, 0.25) is 0 Å². The molecule has 0 aromatic heterocycles. The molecule has 2 rings (SSSR count). The molecule has 2 fully saturated rings. The monoisotopic (exact) mass is 191 g/mol. The van der Waals surface area contributed by atoms with Crippen LogP contribution in [0.25, 0.3) is 0 Å². The van der Waals surface area contributed by atoms with Crippen LogP contribution >= 0.6 is 12.4 Å². The van der Waals surface area contributed by atoms with Crippen molar-refractivity contribution in [2.75, 3.05) is 13.2 Å². The molecule has 12 heavy (non-hydrogen) atoms. The van der Waals surface area contributed by atoms with Crippen LogP contribution in [-0.4, -0.2) is 19.3 Å². The Kier molecular flexibility index (Phi) is 3.02. The molecule has 1 aliphatic heterocycles. The Balaban J connectivity index is 0.000000720. The van der Waals surface area contributed by atoms with Gasteiger partial charge >= 0.3 is 0 Å². The highest BCUT2D eigenvalue weighted by atomic mass is 35.5. The maximum absolute atomic E-state index is 5.84. The summed E-state index contributed by atoms with van der Waals surface area (Å²) in [6, 6.07) is 0.498. The highest BCUT2D eigenvalue weighted by Crippen LogP contribution is 2.49. The fourth-order valence-electron chi connectivity index (χ4n) is 2.22. The number of ether oxygens (including phenoxy) is 1. The van der Waals surface area contributed by atoms with Crippen molar-refractivity contribution in [2.24, 2.45) is 17.1 Å². The summed E-state index contributed by atoms with van der Waals surface area (Å²) in [6.45, 7) is 4.26. The molecule has 0 bridgehead atoms. The Bertz CT molecular complexity index is 157. The molecule has 0 unspecified atom stereocenters. The van der Waals surface area contributed by atoms with Gasteiger partial charge in [0.15, 0.2) is 0 Å². The van der Waals surface area contributed by atoms with E-state index in [9.17, 15) is 0 Å². The molecule has 1 aliphatic carbocycles. The molecule has 0 aromatic rings. The standard InChI is InChI=1S/C9H17NO.ClH/c1-9(7-6-8(7)10)2-4-11-5-3-9;/h7-8H,2-6,10H2,1H3;1H/t7-,8-;/m1./s1. The lowest BCUT2D eigenvalue weighted by Gasteiger charge is -2.33. The predicted octanol–water partition coefficient (Wildman–Crippen LogP) is 1.57. The van der Waals surface area contributed by atoms with Gasteiger partial charge in [0.2, 0.25) is 0 Å².